The van der Waals surface area contributed by atoms with E-state index in [2.05, 4.69) is 0 Å². The Morgan fingerprint density at radius 1 is 1.39 bits per heavy atom. The first kappa shape index (κ1) is 14.1. The number of aliphatic hydroxyl groups excluding tert-OH is 2. The zero-order valence-corrected chi connectivity index (χ0v) is 11.9. The van der Waals surface area contributed by atoms with Crippen LogP contribution in [0.15, 0.2) is 18.2 Å². The Morgan fingerprint density at radius 2 is 2.06 bits per heavy atom. The Kier molecular flexibility index (Phi) is 4.22. The Balaban J connectivity index is 2.21. The van der Waals surface area contributed by atoms with E-state index in [1.54, 1.807) is 19.1 Å². The zero-order chi connectivity index (χ0) is 13.4. The minimum absolute atomic E-state index is 0.357. The van der Waals surface area contributed by atoms with Gasteiger partial charge in [0.05, 0.1) is 12.1 Å². The van der Waals surface area contributed by atoms with E-state index in [1.807, 2.05) is 22.6 Å². The largest absolute Gasteiger partial charge is 0.388 e. The van der Waals surface area contributed by atoms with E-state index < -0.39 is 30.5 Å². The average molecular weight is 367 g/mol. The van der Waals surface area contributed by atoms with Crippen molar-refractivity contribution in [2.45, 2.75) is 37.4 Å². The van der Waals surface area contributed by atoms with Crippen molar-refractivity contribution in [3.8, 4) is 0 Å². The topological polar surface area (TPSA) is 75.7 Å². The highest BCUT2D eigenvalue weighted by Gasteiger charge is 2.43. The summed E-state index contributed by atoms with van der Waals surface area (Å²) in [5.74, 6) is -0.357. The molecule has 4 N–H and O–H groups in total. The molecule has 1 aromatic carbocycles. The van der Waals surface area contributed by atoms with Gasteiger partial charge >= 0.3 is 0 Å². The second-order valence-electron chi connectivity index (χ2n) is 4.49. The van der Waals surface area contributed by atoms with E-state index in [-0.39, 0.29) is 5.82 Å². The van der Waals surface area contributed by atoms with Crippen molar-refractivity contribution >= 4 is 22.6 Å². The molecule has 1 heterocycles. The van der Waals surface area contributed by atoms with Crippen LogP contribution >= 0.6 is 22.6 Å². The predicted octanol–water partition coefficient (Wildman–Crippen LogP) is 0.939. The first-order valence-corrected chi connectivity index (χ1v) is 6.72. The highest BCUT2D eigenvalue weighted by molar-refractivity contribution is 14.1. The molecule has 0 aromatic heterocycles. The van der Waals surface area contributed by atoms with Crippen LogP contribution in [0.25, 0.3) is 0 Å². The van der Waals surface area contributed by atoms with Gasteiger partial charge in [0.2, 0.25) is 0 Å². The molecule has 1 aliphatic heterocycles. The molecular formula is C12H15FINO3. The molecule has 5 atom stereocenters. The smallest absolute Gasteiger partial charge is 0.136 e. The summed E-state index contributed by atoms with van der Waals surface area (Å²) < 4.78 is 19.4. The fourth-order valence-electron chi connectivity index (χ4n) is 2.09. The van der Waals surface area contributed by atoms with Crippen molar-refractivity contribution in [1.82, 2.24) is 0 Å². The summed E-state index contributed by atoms with van der Waals surface area (Å²) in [5, 5.41) is 19.5. The van der Waals surface area contributed by atoms with Crippen molar-refractivity contribution in [1.29, 1.82) is 0 Å². The summed E-state index contributed by atoms with van der Waals surface area (Å²) >= 11 is 1.89. The normalized spacial score (nSPS) is 33.7. The predicted molar refractivity (Wildman–Crippen MR) is 72.4 cm³/mol. The molecule has 0 saturated carbocycles. The van der Waals surface area contributed by atoms with Gasteiger partial charge in [0.1, 0.15) is 24.1 Å². The van der Waals surface area contributed by atoms with Gasteiger partial charge in [-0.15, -0.1) is 0 Å². The van der Waals surface area contributed by atoms with Crippen LogP contribution in [0.1, 0.15) is 18.5 Å². The summed E-state index contributed by atoms with van der Waals surface area (Å²) in [5.41, 5.74) is 6.51. The van der Waals surface area contributed by atoms with Gasteiger partial charge < -0.3 is 20.7 Å². The van der Waals surface area contributed by atoms with Crippen LogP contribution < -0.4 is 5.73 Å². The molecule has 1 fully saturated rings. The van der Waals surface area contributed by atoms with Crippen LogP contribution in [0.2, 0.25) is 0 Å². The Morgan fingerprint density at radius 3 is 2.56 bits per heavy atom. The van der Waals surface area contributed by atoms with Gasteiger partial charge in [-0.3, -0.25) is 0 Å². The Labute approximate surface area is 118 Å². The number of benzene rings is 1. The fourth-order valence-corrected chi connectivity index (χ4v) is 2.42. The third-order valence-electron chi connectivity index (χ3n) is 3.22. The molecule has 4 nitrogen and oxygen atoms in total. The summed E-state index contributed by atoms with van der Waals surface area (Å²) in [4.78, 5) is 0. The van der Waals surface area contributed by atoms with Gasteiger partial charge in [-0.25, -0.2) is 4.39 Å². The molecule has 18 heavy (non-hydrogen) atoms. The number of hydrogen-bond acceptors (Lipinski definition) is 4. The van der Waals surface area contributed by atoms with Gasteiger partial charge in [0, 0.05) is 3.57 Å². The maximum atomic E-state index is 13.5. The molecule has 0 radical (unpaired) electrons. The van der Waals surface area contributed by atoms with Crippen LogP contribution in [-0.4, -0.2) is 34.6 Å². The van der Waals surface area contributed by atoms with E-state index in [9.17, 15) is 14.6 Å². The highest BCUT2D eigenvalue weighted by Crippen LogP contribution is 2.30. The van der Waals surface area contributed by atoms with Crippen molar-refractivity contribution in [2.75, 3.05) is 0 Å². The molecule has 0 bridgehead atoms. The summed E-state index contributed by atoms with van der Waals surface area (Å²) in [7, 11) is 0. The molecule has 1 saturated heterocycles. The Bertz CT molecular complexity index is 445. The van der Waals surface area contributed by atoms with Crippen LogP contribution in [-0.2, 0) is 4.74 Å². The van der Waals surface area contributed by atoms with Crippen LogP contribution in [0.5, 0.6) is 0 Å². The lowest BCUT2D eigenvalue weighted by atomic mass is 9.97. The summed E-state index contributed by atoms with van der Waals surface area (Å²) in [6, 6.07) is 3.97. The molecular weight excluding hydrogens is 352 g/mol. The van der Waals surface area contributed by atoms with E-state index in [1.165, 1.54) is 6.07 Å². The lowest BCUT2D eigenvalue weighted by molar-refractivity contribution is 0.0000871. The number of halogens is 2. The van der Waals surface area contributed by atoms with Gasteiger partial charge in [0.15, 0.2) is 0 Å². The van der Waals surface area contributed by atoms with Crippen LogP contribution in [0.3, 0.4) is 0 Å². The molecule has 6 heteroatoms. The number of rotatable bonds is 2. The first-order valence-electron chi connectivity index (χ1n) is 5.64. The van der Waals surface area contributed by atoms with Crippen LogP contribution in [0, 0.1) is 9.39 Å². The molecule has 0 amide bonds. The second kappa shape index (κ2) is 5.38. The van der Waals surface area contributed by atoms with Crippen molar-refractivity contribution in [3.63, 3.8) is 0 Å². The molecule has 0 spiro atoms. The monoisotopic (exact) mass is 367 g/mol. The highest BCUT2D eigenvalue weighted by atomic mass is 127. The minimum Gasteiger partial charge on any atom is -0.388 e. The van der Waals surface area contributed by atoms with E-state index in [0.717, 1.165) is 0 Å². The van der Waals surface area contributed by atoms with Crippen LogP contribution in [0.4, 0.5) is 4.39 Å². The standard InChI is InChI=1S/C12H15FINO3/c1-5-10(16)11(17)12(18-5)9(15)6-2-3-8(14)7(13)4-6/h2-5,9-12,16-17H,15H2,1H3. The van der Waals surface area contributed by atoms with E-state index in [4.69, 9.17) is 10.5 Å². The van der Waals surface area contributed by atoms with Gasteiger partial charge in [0.25, 0.3) is 0 Å². The molecule has 1 aromatic rings. The Hall–Kier alpha value is -0.280. The van der Waals surface area contributed by atoms with Crippen molar-refractivity contribution in [3.05, 3.63) is 33.1 Å². The van der Waals surface area contributed by atoms with Gasteiger partial charge in [-0.1, -0.05) is 6.07 Å². The minimum atomic E-state index is -1.06. The van der Waals surface area contributed by atoms with Crippen molar-refractivity contribution < 1.29 is 19.3 Å². The molecule has 100 valence electrons. The van der Waals surface area contributed by atoms with E-state index >= 15 is 0 Å². The molecule has 0 aliphatic carbocycles. The van der Waals surface area contributed by atoms with Crippen molar-refractivity contribution in [2.24, 2.45) is 5.73 Å². The average Bonchev–Trinajstić information content (AvgIpc) is 2.60. The maximum Gasteiger partial charge on any atom is 0.136 e. The number of ether oxygens (including phenoxy) is 1. The quantitative estimate of drug-likeness (QED) is 0.681. The van der Waals surface area contributed by atoms with E-state index in [0.29, 0.717) is 9.13 Å². The van der Waals surface area contributed by atoms with Gasteiger partial charge in [-0.05, 0) is 47.2 Å². The third kappa shape index (κ3) is 2.53. The lowest BCUT2D eigenvalue weighted by Crippen LogP contribution is -2.38. The van der Waals surface area contributed by atoms with Gasteiger partial charge in [-0.2, -0.15) is 0 Å². The lowest BCUT2D eigenvalue weighted by Gasteiger charge is -2.22. The molecule has 2 rings (SSSR count). The third-order valence-corrected chi connectivity index (χ3v) is 4.10. The SMILES string of the molecule is CC1OC(C(N)c2ccc(I)c(F)c2)C(O)C1O. The molecule has 5 unspecified atom stereocenters. The first-order chi connectivity index (χ1) is 8.41. The fraction of sp³-hybridized carbons (Fsp3) is 0.500. The molecule has 1 aliphatic rings. The number of hydrogen-bond donors (Lipinski definition) is 3. The summed E-state index contributed by atoms with van der Waals surface area (Å²) in [6.07, 6.45) is -3.23. The maximum absolute atomic E-state index is 13.5. The zero-order valence-electron chi connectivity index (χ0n) is 9.75. The summed E-state index contributed by atoms with van der Waals surface area (Å²) in [6.45, 7) is 1.66. The second-order valence-corrected chi connectivity index (χ2v) is 5.65. The number of aliphatic hydroxyl groups is 2. The number of nitrogens with two attached hydrogens (primary N) is 1.